The molecular weight excluding hydrogens is 815 g/mol. The molecule has 7 rings (SSSR count). The van der Waals surface area contributed by atoms with Crippen molar-refractivity contribution in [3.8, 4) is 22.4 Å². The van der Waals surface area contributed by atoms with Crippen LogP contribution >= 0.6 is 0 Å². The van der Waals surface area contributed by atoms with Crippen molar-refractivity contribution in [2.24, 2.45) is 5.92 Å². The number of methoxy groups -OCH3 is 1. The Morgan fingerprint density at radius 1 is 0.859 bits per heavy atom. The van der Waals surface area contributed by atoms with E-state index in [0.717, 1.165) is 72.9 Å². The van der Waals surface area contributed by atoms with Gasteiger partial charge in [0.1, 0.15) is 24.1 Å². The number of carbonyl (C=O) groups is 5. The zero-order valence-electron chi connectivity index (χ0n) is 37.4. The van der Waals surface area contributed by atoms with E-state index >= 15 is 0 Å². The summed E-state index contributed by atoms with van der Waals surface area (Å²) in [5, 5.41) is 25.5. The van der Waals surface area contributed by atoms with Crippen molar-refractivity contribution >= 4 is 35.8 Å². The molecule has 4 aromatic rings. The molecule has 64 heavy (non-hydrogen) atoms. The van der Waals surface area contributed by atoms with Crippen LogP contribution in [0.1, 0.15) is 127 Å². The summed E-state index contributed by atoms with van der Waals surface area (Å²) in [7, 11) is 1.23. The molecule has 0 unspecified atom stereocenters. The minimum absolute atomic E-state index is 0.229. The van der Waals surface area contributed by atoms with Gasteiger partial charge in [-0.2, -0.15) is 0 Å². The first-order valence-electron chi connectivity index (χ1n) is 22.7. The number of hydrogen-bond donors (Lipinski definition) is 5. The molecule has 2 aliphatic heterocycles. The fourth-order valence-corrected chi connectivity index (χ4v) is 10.2. The summed E-state index contributed by atoms with van der Waals surface area (Å²) in [4.78, 5) is 78.5. The Kier molecular flexibility index (Phi) is 14.0. The molecule has 340 valence electrons. The van der Waals surface area contributed by atoms with Crippen LogP contribution in [0.3, 0.4) is 0 Å². The second-order valence-corrected chi connectivity index (χ2v) is 17.6. The molecule has 1 aliphatic carbocycles. The number of nitrogens with one attached hydrogen (secondary N) is 3. The second kappa shape index (κ2) is 19.6. The minimum atomic E-state index is -1.23. The lowest BCUT2D eigenvalue weighted by Gasteiger charge is -2.37. The van der Waals surface area contributed by atoms with E-state index in [4.69, 9.17) is 9.72 Å². The van der Waals surface area contributed by atoms with Gasteiger partial charge in [-0.05, 0) is 96.0 Å². The van der Waals surface area contributed by atoms with Crippen LogP contribution in [0.25, 0.3) is 22.4 Å². The van der Waals surface area contributed by atoms with Gasteiger partial charge < -0.3 is 40.4 Å². The summed E-state index contributed by atoms with van der Waals surface area (Å²) in [6, 6.07) is 19.0. The van der Waals surface area contributed by atoms with Crippen LogP contribution < -0.4 is 15.5 Å². The first kappa shape index (κ1) is 45.6. The molecule has 2 saturated heterocycles. The number of H-pyrrole nitrogens is 1. The molecule has 3 aliphatic rings. The van der Waals surface area contributed by atoms with E-state index in [-0.39, 0.29) is 17.9 Å². The fraction of sp³-hybridized carbons (Fsp3) is 0.469. The molecule has 0 saturated carbocycles. The van der Waals surface area contributed by atoms with E-state index in [1.807, 2.05) is 38.1 Å². The number of carbonyl (C=O) groups excluding carboxylic acids is 3. The van der Waals surface area contributed by atoms with Gasteiger partial charge in [0.2, 0.25) is 5.91 Å². The van der Waals surface area contributed by atoms with Gasteiger partial charge in [0.25, 0.3) is 5.91 Å². The van der Waals surface area contributed by atoms with Crippen molar-refractivity contribution in [1.29, 1.82) is 0 Å². The number of benzene rings is 3. The Bertz CT molecular complexity index is 2340. The topological polar surface area (TPSA) is 197 Å². The highest BCUT2D eigenvalue weighted by molar-refractivity contribution is 5.93. The third-order valence-electron chi connectivity index (χ3n) is 13.3. The molecule has 15 heteroatoms. The number of aromatic nitrogens is 2. The summed E-state index contributed by atoms with van der Waals surface area (Å²) in [5.41, 5.74) is 6.73. The van der Waals surface area contributed by atoms with Crippen LogP contribution in [-0.4, -0.2) is 92.5 Å². The Hall–Kier alpha value is -6.38. The van der Waals surface area contributed by atoms with Crippen molar-refractivity contribution in [3.63, 3.8) is 0 Å². The van der Waals surface area contributed by atoms with E-state index in [2.05, 4.69) is 47.7 Å². The summed E-state index contributed by atoms with van der Waals surface area (Å²) >= 11 is 0. The van der Waals surface area contributed by atoms with E-state index in [1.54, 1.807) is 40.3 Å². The number of alkyl carbamates (subject to hydrolysis) is 1. The van der Waals surface area contributed by atoms with Gasteiger partial charge in [0, 0.05) is 24.2 Å². The number of unbranched alkanes of at least 4 members (excludes halogenated alkanes) is 2. The molecule has 0 spiro atoms. The van der Waals surface area contributed by atoms with E-state index < -0.39 is 47.9 Å². The number of carboxylic acid groups (broad SMARTS) is 2. The first-order chi connectivity index (χ1) is 30.8. The number of imidazole rings is 1. The highest BCUT2D eigenvalue weighted by atomic mass is 16.5. The summed E-state index contributed by atoms with van der Waals surface area (Å²) in [6.45, 7) is 8.84. The fourth-order valence-electron chi connectivity index (χ4n) is 10.2. The molecule has 4 atom stereocenters. The third kappa shape index (κ3) is 8.89. The number of hydrogen-bond acceptors (Lipinski definition) is 7. The van der Waals surface area contributed by atoms with Crippen LogP contribution in [-0.2, 0) is 19.7 Å². The molecular formula is C49H61N7O8. The Labute approximate surface area is 374 Å². The number of nitrogens with zero attached hydrogens (tertiary/aromatic N) is 4. The highest BCUT2D eigenvalue weighted by Gasteiger charge is 2.45. The highest BCUT2D eigenvalue weighted by Crippen LogP contribution is 2.56. The first-order valence-corrected chi connectivity index (χ1v) is 22.7. The van der Waals surface area contributed by atoms with Crippen molar-refractivity contribution in [2.75, 3.05) is 25.1 Å². The van der Waals surface area contributed by atoms with Gasteiger partial charge in [-0.25, -0.2) is 19.4 Å². The van der Waals surface area contributed by atoms with E-state index in [0.29, 0.717) is 49.4 Å². The Balaban J connectivity index is 1.24. The maximum absolute atomic E-state index is 14.4. The van der Waals surface area contributed by atoms with Crippen LogP contribution in [0, 0.1) is 5.92 Å². The van der Waals surface area contributed by atoms with Crippen LogP contribution in [0.5, 0.6) is 0 Å². The number of anilines is 1. The summed E-state index contributed by atoms with van der Waals surface area (Å²) in [6.07, 6.45) is 5.85. The van der Waals surface area contributed by atoms with Crippen LogP contribution in [0.15, 0.2) is 72.9 Å². The minimum Gasteiger partial charge on any atom is -0.465 e. The smallest absolute Gasteiger partial charge is 0.413 e. The zero-order valence-corrected chi connectivity index (χ0v) is 37.4. The SMILES string of the molecule is CCCCC1(CCCC)c2cc(-c3cnc([C@@H]4CCCN4C(=O)[C@@H](NC(=O)O)C(C)C)[nH]3)ccc2-c2ccc(N(C(=O)O)[C@H]3CCCN3C(=O)[C@H](NC(=O)OC)c3ccccc3)cc21. The second-order valence-electron chi connectivity index (χ2n) is 17.6. The maximum atomic E-state index is 14.4. The Morgan fingerprint density at radius 2 is 1.52 bits per heavy atom. The normalized spacial score (nSPS) is 18.3. The molecule has 3 heterocycles. The number of likely N-dealkylation sites (tertiary alicyclic amines) is 2. The number of rotatable bonds is 16. The van der Waals surface area contributed by atoms with Crippen molar-refractivity contribution < 1.29 is 38.9 Å². The lowest BCUT2D eigenvalue weighted by molar-refractivity contribution is -0.135. The predicted octanol–water partition coefficient (Wildman–Crippen LogP) is 9.21. The average Bonchev–Trinajstić information content (AvgIpc) is 4.12. The van der Waals surface area contributed by atoms with Gasteiger partial charge >= 0.3 is 18.3 Å². The van der Waals surface area contributed by atoms with Gasteiger partial charge in [-0.15, -0.1) is 0 Å². The van der Waals surface area contributed by atoms with Crippen LogP contribution in [0.4, 0.5) is 20.1 Å². The number of ether oxygens (including phenoxy) is 1. The van der Waals surface area contributed by atoms with E-state index in [1.165, 1.54) is 17.6 Å². The predicted molar refractivity (Wildman–Crippen MR) is 243 cm³/mol. The third-order valence-corrected chi connectivity index (χ3v) is 13.3. The number of aromatic amines is 1. The molecule has 5 N–H and O–H groups in total. The molecule has 0 radical (unpaired) electrons. The molecule has 0 bridgehead atoms. The van der Waals surface area contributed by atoms with Crippen molar-refractivity contribution in [3.05, 3.63) is 95.4 Å². The van der Waals surface area contributed by atoms with Crippen LogP contribution in [0.2, 0.25) is 0 Å². The lowest BCUT2D eigenvalue weighted by Crippen LogP contribution is -2.53. The van der Waals surface area contributed by atoms with Crippen molar-refractivity contribution in [2.45, 2.75) is 122 Å². The van der Waals surface area contributed by atoms with Gasteiger partial charge in [0.15, 0.2) is 0 Å². The molecule has 2 fully saturated rings. The summed E-state index contributed by atoms with van der Waals surface area (Å²) < 4.78 is 4.87. The lowest BCUT2D eigenvalue weighted by atomic mass is 9.70. The van der Waals surface area contributed by atoms with Gasteiger partial charge in [-0.3, -0.25) is 14.5 Å². The zero-order chi connectivity index (χ0) is 45.7. The standard InChI is InChI=1S/C49H61N7O8/c1-6-8-23-49(24-9-7-2)36-27-32(38-29-50-43(51-38)39-17-13-25-54(39)44(57)41(30(3)4)52-46(59)60)19-21-34(36)35-22-20-33(28-37(35)49)56(48(62)63)40-18-14-26-55(40)45(58)42(53-47(61)64-5)31-15-11-10-12-16-31/h10-12,15-16,19-22,27-30,39-42,52H,6-9,13-14,17-18,23-26H2,1-5H3,(H,50,51)(H,53,61)(H,59,60)(H,62,63)/t39-,40-,41-,42+/m0/s1. The van der Waals surface area contributed by atoms with E-state index in [9.17, 15) is 34.2 Å². The molecule has 15 nitrogen and oxygen atoms in total. The van der Waals surface area contributed by atoms with Gasteiger partial charge in [0.05, 0.1) is 25.0 Å². The van der Waals surface area contributed by atoms with Gasteiger partial charge in [-0.1, -0.05) is 102 Å². The number of fused-ring (bicyclic) bond motifs is 3. The monoisotopic (exact) mass is 875 g/mol. The average molecular weight is 876 g/mol. The summed E-state index contributed by atoms with van der Waals surface area (Å²) in [5.74, 6) is -0.256. The Morgan fingerprint density at radius 3 is 2.16 bits per heavy atom. The number of amides is 5. The molecule has 1 aromatic heterocycles. The maximum Gasteiger partial charge on any atom is 0.413 e. The molecule has 3 aromatic carbocycles. The molecule has 5 amide bonds. The quantitative estimate of drug-likeness (QED) is 0.0729. The van der Waals surface area contributed by atoms with Crippen molar-refractivity contribution in [1.82, 2.24) is 30.4 Å². The largest absolute Gasteiger partial charge is 0.465 e.